The molecule has 1 aliphatic rings. The van der Waals surface area contributed by atoms with E-state index >= 15 is 0 Å². The first-order chi connectivity index (χ1) is 8.51. The fourth-order valence-corrected chi connectivity index (χ4v) is 2.44. The average molecular weight is 269 g/mol. The number of nitrogens with zero attached hydrogens (tertiary/aromatic N) is 1. The molecule has 18 heavy (non-hydrogen) atoms. The molecule has 0 aromatic heterocycles. The predicted octanol–water partition coefficient (Wildman–Crippen LogP) is 3.77. The van der Waals surface area contributed by atoms with Crippen molar-refractivity contribution >= 4 is 14.2 Å². The summed E-state index contributed by atoms with van der Waals surface area (Å²) >= 11 is 0. The highest BCUT2D eigenvalue weighted by molar-refractivity contribution is 6.69. The molecule has 1 heterocycles. The van der Waals surface area contributed by atoms with Crippen LogP contribution in [-0.2, 0) is 9.16 Å². The molecule has 0 radical (unpaired) electrons. The van der Waals surface area contributed by atoms with Gasteiger partial charge >= 0.3 is 0 Å². The smallest absolute Gasteiger partial charge is 0.208 e. The van der Waals surface area contributed by atoms with Gasteiger partial charge in [-0.2, -0.15) is 0 Å². The molecule has 4 heteroatoms. The Morgan fingerprint density at radius 1 is 1.22 bits per heavy atom. The molecule has 1 unspecified atom stereocenters. The first-order valence-electron chi connectivity index (χ1n) is 7.04. The summed E-state index contributed by atoms with van der Waals surface area (Å²) < 4.78 is 11.4. The molecule has 0 saturated heterocycles. The zero-order chi connectivity index (χ0) is 13.4. The van der Waals surface area contributed by atoms with Crippen molar-refractivity contribution in [3.05, 3.63) is 12.2 Å². The Balaban J connectivity index is 2.12. The van der Waals surface area contributed by atoms with E-state index in [4.69, 9.17) is 9.16 Å². The van der Waals surface area contributed by atoms with Gasteiger partial charge in [0.25, 0.3) is 0 Å². The fraction of sp³-hybridized carbons (Fsp3) is 0.786. The van der Waals surface area contributed by atoms with Crippen LogP contribution in [0.15, 0.2) is 17.1 Å². The first-order valence-corrected chi connectivity index (χ1v) is 10.4. The van der Waals surface area contributed by atoms with Crippen LogP contribution >= 0.6 is 0 Å². The lowest BCUT2D eigenvalue weighted by Crippen LogP contribution is -2.25. The maximum absolute atomic E-state index is 5.83. The number of ether oxygens (including phenoxy) is 1. The Hall–Kier alpha value is -0.613. The number of aliphatic imine (C=N–C) groups is 1. The summed E-state index contributed by atoms with van der Waals surface area (Å²) in [5.41, 5.74) is 0. The van der Waals surface area contributed by atoms with Crippen LogP contribution in [0.4, 0.5) is 0 Å². The van der Waals surface area contributed by atoms with E-state index in [1.807, 2.05) is 6.08 Å². The molecule has 3 nitrogen and oxygen atoms in total. The number of hydrogen-bond acceptors (Lipinski definition) is 3. The van der Waals surface area contributed by atoms with Crippen molar-refractivity contribution in [2.24, 2.45) is 4.99 Å². The van der Waals surface area contributed by atoms with Gasteiger partial charge in [-0.25, -0.2) is 4.99 Å². The molecule has 1 aliphatic heterocycles. The third kappa shape index (κ3) is 6.96. The molecular weight excluding hydrogens is 242 g/mol. The minimum absolute atomic E-state index is 0.298. The van der Waals surface area contributed by atoms with Crippen LogP contribution in [-0.4, -0.2) is 33.5 Å². The highest BCUT2D eigenvalue weighted by atomic mass is 28.4. The second-order valence-corrected chi connectivity index (χ2v) is 10.2. The molecule has 0 aromatic carbocycles. The predicted molar refractivity (Wildman–Crippen MR) is 79.8 cm³/mol. The molecule has 0 bridgehead atoms. The lowest BCUT2D eigenvalue weighted by molar-refractivity contribution is 0.293. The van der Waals surface area contributed by atoms with E-state index in [9.17, 15) is 0 Å². The van der Waals surface area contributed by atoms with Crippen molar-refractivity contribution in [3.63, 3.8) is 0 Å². The van der Waals surface area contributed by atoms with E-state index in [2.05, 4.69) is 37.6 Å². The summed E-state index contributed by atoms with van der Waals surface area (Å²) in [5.74, 6) is 0.805. The third-order valence-electron chi connectivity index (χ3n) is 2.68. The van der Waals surface area contributed by atoms with E-state index in [1.165, 1.54) is 0 Å². The van der Waals surface area contributed by atoms with Crippen molar-refractivity contribution in [1.29, 1.82) is 0 Å². The van der Waals surface area contributed by atoms with E-state index in [0.717, 1.165) is 44.8 Å². The summed E-state index contributed by atoms with van der Waals surface area (Å²) in [5, 5.41) is 0. The number of unbranched alkanes of at least 4 members (excludes halogenated alkanes) is 1. The minimum Gasteiger partial charge on any atom is -0.478 e. The lowest BCUT2D eigenvalue weighted by atomic mass is 10.2. The number of hydrogen-bond donors (Lipinski definition) is 0. The number of rotatable bonds is 8. The second-order valence-electron chi connectivity index (χ2n) is 5.70. The molecule has 0 saturated carbocycles. The standard InChI is InChI=1S/C14H27NO2Si/c1-5-6-11-16-14-10-9-13(15-14)8-7-12-17-18(2,3)4/h9-10,13H,5-8,11-12H2,1-4H3. The Kier molecular flexibility index (Phi) is 6.64. The Bertz CT molecular complexity index is 295. The third-order valence-corrected chi connectivity index (χ3v) is 3.75. The van der Waals surface area contributed by atoms with Gasteiger partial charge in [-0.15, -0.1) is 0 Å². The summed E-state index contributed by atoms with van der Waals surface area (Å²) in [6, 6.07) is 0.298. The molecule has 0 aromatic rings. The average Bonchev–Trinajstić information content (AvgIpc) is 2.72. The maximum Gasteiger partial charge on any atom is 0.208 e. The Morgan fingerprint density at radius 3 is 2.67 bits per heavy atom. The molecule has 0 spiro atoms. The van der Waals surface area contributed by atoms with Crippen LogP contribution in [0.1, 0.15) is 32.6 Å². The molecule has 0 fully saturated rings. The molecule has 0 amide bonds. The van der Waals surface area contributed by atoms with Gasteiger partial charge in [0.2, 0.25) is 5.90 Å². The monoisotopic (exact) mass is 269 g/mol. The molecule has 1 rings (SSSR count). The summed E-state index contributed by atoms with van der Waals surface area (Å²) in [7, 11) is -1.35. The Morgan fingerprint density at radius 2 is 2.00 bits per heavy atom. The normalized spacial score (nSPS) is 19.1. The van der Waals surface area contributed by atoms with E-state index in [0.29, 0.717) is 6.04 Å². The van der Waals surface area contributed by atoms with E-state index in [1.54, 1.807) is 0 Å². The van der Waals surface area contributed by atoms with Crippen LogP contribution in [0.5, 0.6) is 0 Å². The molecular formula is C14H27NO2Si. The minimum atomic E-state index is -1.35. The van der Waals surface area contributed by atoms with Crippen molar-refractivity contribution in [1.82, 2.24) is 0 Å². The Labute approximate surface area is 112 Å². The van der Waals surface area contributed by atoms with Crippen molar-refractivity contribution in [2.75, 3.05) is 13.2 Å². The van der Waals surface area contributed by atoms with Gasteiger partial charge in [0.05, 0.1) is 12.6 Å². The summed E-state index contributed by atoms with van der Waals surface area (Å²) in [4.78, 5) is 4.53. The quantitative estimate of drug-likeness (QED) is 0.496. The first kappa shape index (κ1) is 15.4. The van der Waals surface area contributed by atoms with Gasteiger partial charge in [0, 0.05) is 6.61 Å². The highest BCUT2D eigenvalue weighted by Gasteiger charge is 2.15. The summed E-state index contributed by atoms with van der Waals surface area (Å²) in [6.07, 6.45) is 8.53. The zero-order valence-electron chi connectivity index (χ0n) is 12.2. The fourth-order valence-electron chi connectivity index (χ4n) is 1.68. The van der Waals surface area contributed by atoms with Gasteiger partial charge in [-0.3, -0.25) is 0 Å². The summed E-state index contributed by atoms with van der Waals surface area (Å²) in [6.45, 7) is 10.5. The molecule has 104 valence electrons. The van der Waals surface area contributed by atoms with Crippen LogP contribution in [0.25, 0.3) is 0 Å². The van der Waals surface area contributed by atoms with Crippen molar-refractivity contribution < 1.29 is 9.16 Å². The van der Waals surface area contributed by atoms with E-state index < -0.39 is 8.32 Å². The SMILES string of the molecule is CCCCOC1=NC(CCCO[Si](C)(C)C)C=C1. The lowest BCUT2D eigenvalue weighted by Gasteiger charge is -2.17. The van der Waals surface area contributed by atoms with Gasteiger partial charge in [-0.1, -0.05) is 19.4 Å². The van der Waals surface area contributed by atoms with Crippen LogP contribution < -0.4 is 0 Å². The largest absolute Gasteiger partial charge is 0.478 e. The molecule has 0 N–H and O–H groups in total. The molecule has 1 atom stereocenters. The van der Waals surface area contributed by atoms with Gasteiger partial charge in [0.15, 0.2) is 8.32 Å². The highest BCUT2D eigenvalue weighted by Crippen LogP contribution is 2.13. The van der Waals surface area contributed by atoms with Gasteiger partial charge < -0.3 is 9.16 Å². The van der Waals surface area contributed by atoms with Crippen molar-refractivity contribution in [2.45, 2.75) is 58.3 Å². The van der Waals surface area contributed by atoms with Gasteiger partial charge in [-0.05, 0) is 45.0 Å². The molecule has 0 aliphatic carbocycles. The van der Waals surface area contributed by atoms with Crippen LogP contribution in [0.3, 0.4) is 0 Å². The van der Waals surface area contributed by atoms with Crippen molar-refractivity contribution in [3.8, 4) is 0 Å². The maximum atomic E-state index is 5.83. The van der Waals surface area contributed by atoms with Gasteiger partial charge in [0.1, 0.15) is 0 Å². The topological polar surface area (TPSA) is 30.8 Å². The second kappa shape index (κ2) is 7.74. The zero-order valence-corrected chi connectivity index (χ0v) is 13.2. The van der Waals surface area contributed by atoms with E-state index in [-0.39, 0.29) is 0 Å². The van der Waals surface area contributed by atoms with Crippen LogP contribution in [0.2, 0.25) is 19.6 Å². The van der Waals surface area contributed by atoms with Crippen LogP contribution in [0, 0.1) is 0 Å².